The van der Waals surface area contributed by atoms with E-state index in [-0.39, 0.29) is 5.06 Å². The molecule has 2 nitrogen and oxygen atoms in total. The molecule has 0 saturated heterocycles. The number of thiazole rings is 1. The molecule has 0 saturated carbocycles. The van der Waals surface area contributed by atoms with Gasteiger partial charge in [0.2, 0.25) is 0 Å². The van der Waals surface area contributed by atoms with Crippen LogP contribution in [0.5, 0.6) is 5.06 Å². The van der Waals surface area contributed by atoms with Crippen LogP contribution in [0.3, 0.4) is 0 Å². The third kappa shape index (κ3) is 0.899. The van der Waals surface area contributed by atoms with Crippen LogP contribution in [-0.2, 0) is 5.11 Å². The Labute approximate surface area is 45.5 Å². The molecule has 7 heavy (non-hydrogen) atoms. The summed E-state index contributed by atoms with van der Waals surface area (Å²) in [5.74, 6) is 0. The molecule has 0 N–H and O–H groups in total. The fraction of sp³-hybridized carbons (Fsp3) is 0.250. The summed E-state index contributed by atoms with van der Waals surface area (Å²) < 4.78 is 0. The standard InChI is InChI=1S/C4H4NOS/c1-3-5-2-4(6)7-3/h2H,1H3. The van der Waals surface area contributed by atoms with Crippen LogP contribution in [0.1, 0.15) is 5.01 Å². The third-order valence-corrected chi connectivity index (χ3v) is 1.31. The van der Waals surface area contributed by atoms with Crippen LogP contribution in [0.15, 0.2) is 6.20 Å². The summed E-state index contributed by atoms with van der Waals surface area (Å²) in [6.07, 6.45) is 1.33. The van der Waals surface area contributed by atoms with Crippen molar-refractivity contribution in [1.82, 2.24) is 4.98 Å². The van der Waals surface area contributed by atoms with Gasteiger partial charge in [0.05, 0.1) is 11.2 Å². The van der Waals surface area contributed by atoms with Gasteiger partial charge in [-0.3, -0.25) is 5.11 Å². The van der Waals surface area contributed by atoms with Crippen LogP contribution in [0, 0.1) is 6.92 Å². The maximum Gasteiger partial charge on any atom is 0.252 e. The molecule has 0 atom stereocenters. The van der Waals surface area contributed by atoms with Gasteiger partial charge in [-0.05, 0) is 6.92 Å². The Morgan fingerprint density at radius 2 is 2.57 bits per heavy atom. The smallest absolute Gasteiger partial charge is 0.252 e. The van der Waals surface area contributed by atoms with E-state index in [9.17, 15) is 5.11 Å². The molecular weight excluding hydrogens is 110 g/mol. The van der Waals surface area contributed by atoms with E-state index in [1.165, 1.54) is 17.5 Å². The predicted octanol–water partition coefficient (Wildman–Crippen LogP) is 1.60. The van der Waals surface area contributed by atoms with E-state index in [1.807, 2.05) is 6.92 Å². The van der Waals surface area contributed by atoms with E-state index in [2.05, 4.69) is 4.98 Å². The molecule has 0 aliphatic rings. The molecule has 0 fully saturated rings. The highest BCUT2D eigenvalue weighted by Gasteiger charge is 1.91. The van der Waals surface area contributed by atoms with Crippen LogP contribution in [0.25, 0.3) is 0 Å². The van der Waals surface area contributed by atoms with Gasteiger partial charge in [-0.25, -0.2) is 4.98 Å². The average molecular weight is 114 g/mol. The number of nitrogens with zero attached hydrogens (tertiary/aromatic N) is 1. The molecule has 1 rings (SSSR count). The summed E-state index contributed by atoms with van der Waals surface area (Å²) in [5, 5.41) is 11.1. The molecule has 0 aliphatic carbocycles. The van der Waals surface area contributed by atoms with Crippen molar-refractivity contribution in [2.45, 2.75) is 6.92 Å². The third-order valence-electron chi connectivity index (χ3n) is 0.600. The summed E-state index contributed by atoms with van der Waals surface area (Å²) in [5.41, 5.74) is 0. The fourth-order valence-electron chi connectivity index (χ4n) is 0.342. The Kier molecular flexibility index (Phi) is 0.982. The molecule has 3 heteroatoms. The van der Waals surface area contributed by atoms with Crippen LogP contribution in [-0.4, -0.2) is 4.98 Å². The summed E-state index contributed by atoms with van der Waals surface area (Å²) in [4.78, 5) is 3.72. The number of rotatable bonds is 0. The van der Waals surface area contributed by atoms with Gasteiger partial charge in [-0.2, -0.15) is 0 Å². The minimum atomic E-state index is 0.0394. The summed E-state index contributed by atoms with van der Waals surface area (Å²) in [6.45, 7) is 1.81. The largest absolute Gasteiger partial charge is 0.276 e. The van der Waals surface area contributed by atoms with Gasteiger partial charge in [0.1, 0.15) is 0 Å². The van der Waals surface area contributed by atoms with Gasteiger partial charge < -0.3 is 0 Å². The van der Waals surface area contributed by atoms with Crippen molar-refractivity contribution < 1.29 is 5.11 Å². The lowest BCUT2D eigenvalue weighted by molar-refractivity contribution is 0.367. The highest BCUT2D eigenvalue weighted by atomic mass is 32.1. The lowest BCUT2D eigenvalue weighted by atomic mass is 10.8. The average Bonchev–Trinajstić information content (AvgIpc) is 1.87. The minimum absolute atomic E-state index is 0.0394. The number of hydrogen-bond donors (Lipinski definition) is 0. The van der Waals surface area contributed by atoms with Crippen molar-refractivity contribution in [3.05, 3.63) is 11.2 Å². The van der Waals surface area contributed by atoms with Crippen LogP contribution < -0.4 is 0 Å². The zero-order chi connectivity index (χ0) is 5.28. The molecule has 0 bridgehead atoms. The Balaban J connectivity index is 3.04. The maximum absolute atomic E-state index is 10.2. The second-order valence-electron chi connectivity index (χ2n) is 1.20. The van der Waals surface area contributed by atoms with Crippen molar-refractivity contribution in [2.24, 2.45) is 0 Å². The molecular formula is C4H4NOS. The second kappa shape index (κ2) is 1.50. The van der Waals surface area contributed by atoms with Gasteiger partial charge in [0.15, 0.2) is 0 Å². The minimum Gasteiger partial charge on any atom is -0.276 e. The van der Waals surface area contributed by atoms with Crippen molar-refractivity contribution in [1.29, 1.82) is 0 Å². The van der Waals surface area contributed by atoms with Crippen molar-refractivity contribution in [2.75, 3.05) is 0 Å². The fourth-order valence-corrected chi connectivity index (χ4v) is 0.844. The first kappa shape index (κ1) is 4.59. The summed E-state index contributed by atoms with van der Waals surface area (Å²) in [6, 6.07) is 0. The molecule has 1 radical (unpaired) electrons. The number of aryl methyl sites for hydroxylation is 1. The SMILES string of the molecule is Cc1ncc([O])s1. The molecule has 0 amide bonds. The lowest BCUT2D eigenvalue weighted by Crippen LogP contribution is -1.56. The zero-order valence-electron chi connectivity index (χ0n) is 3.84. The van der Waals surface area contributed by atoms with Crippen LogP contribution >= 0.6 is 11.3 Å². The molecule has 0 aromatic carbocycles. The van der Waals surface area contributed by atoms with Crippen molar-refractivity contribution >= 4 is 11.3 Å². The topological polar surface area (TPSA) is 32.8 Å². The molecule has 0 spiro atoms. The summed E-state index contributed by atoms with van der Waals surface area (Å²) in [7, 11) is 0. The van der Waals surface area contributed by atoms with Crippen molar-refractivity contribution in [3.8, 4) is 5.06 Å². The van der Waals surface area contributed by atoms with Gasteiger partial charge >= 0.3 is 0 Å². The van der Waals surface area contributed by atoms with Crippen molar-refractivity contribution in [3.63, 3.8) is 0 Å². The van der Waals surface area contributed by atoms with E-state index in [1.54, 1.807) is 0 Å². The first-order valence-corrected chi connectivity index (χ1v) is 2.70. The van der Waals surface area contributed by atoms with E-state index in [0.29, 0.717) is 0 Å². The monoisotopic (exact) mass is 114 g/mol. The van der Waals surface area contributed by atoms with Gasteiger partial charge in [0.25, 0.3) is 5.06 Å². The second-order valence-corrected chi connectivity index (χ2v) is 2.40. The van der Waals surface area contributed by atoms with E-state index in [4.69, 9.17) is 0 Å². The van der Waals surface area contributed by atoms with Gasteiger partial charge in [0, 0.05) is 0 Å². The van der Waals surface area contributed by atoms with E-state index < -0.39 is 0 Å². The molecule has 37 valence electrons. The maximum atomic E-state index is 10.2. The van der Waals surface area contributed by atoms with Crippen LogP contribution in [0.4, 0.5) is 0 Å². The first-order chi connectivity index (χ1) is 3.29. The van der Waals surface area contributed by atoms with E-state index >= 15 is 0 Å². The van der Waals surface area contributed by atoms with Gasteiger partial charge in [-0.15, -0.1) is 0 Å². The van der Waals surface area contributed by atoms with E-state index in [0.717, 1.165) is 5.01 Å². The number of aromatic nitrogens is 1. The first-order valence-electron chi connectivity index (χ1n) is 1.88. The highest BCUT2D eigenvalue weighted by Crippen LogP contribution is 2.17. The predicted molar refractivity (Wildman–Crippen MR) is 27.0 cm³/mol. The Morgan fingerprint density at radius 3 is 2.71 bits per heavy atom. The summed E-state index contributed by atoms with van der Waals surface area (Å²) >= 11 is 1.18. The normalized spacial score (nSPS) is 9.29. The molecule has 1 heterocycles. The molecule has 1 aromatic rings. The Hall–Kier alpha value is -0.570. The molecule has 0 unspecified atom stereocenters. The quantitative estimate of drug-likeness (QED) is 0.504. The Bertz CT molecular complexity index is 144. The molecule has 0 aliphatic heterocycles. The zero-order valence-corrected chi connectivity index (χ0v) is 4.66. The number of hydrogen-bond acceptors (Lipinski definition) is 2. The molecule has 1 aromatic heterocycles. The lowest BCUT2D eigenvalue weighted by Gasteiger charge is -1.65. The van der Waals surface area contributed by atoms with Crippen LogP contribution in [0.2, 0.25) is 0 Å². The van der Waals surface area contributed by atoms with Gasteiger partial charge in [-0.1, -0.05) is 11.3 Å². The highest BCUT2D eigenvalue weighted by molar-refractivity contribution is 7.13. The Morgan fingerprint density at radius 1 is 1.86 bits per heavy atom.